The number of methoxy groups -OCH3 is 1. The molecule has 0 unspecified atom stereocenters. The highest BCUT2D eigenvalue weighted by Gasteiger charge is 2.14. The summed E-state index contributed by atoms with van der Waals surface area (Å²) >= 11 is 0. The number of esters is 1. The highest BCUT2D eigenvalue weighted by atomic mass is 19.1. The summed E-state index contributed by atoms with van der Waals surface area (Å²) in [6, 6.07) is 20.0. The van der Waals surface area contributed by atoms with E-state index in [9.17, 15) is 9.18 Å². The zero-order valence-electron chi connectivity index (χ0n) is 20.6. The van der Waals surface area contributed by atoms with E-state index in [0.717, 1.165) is 51.8 Å². The maximum atomic E-state index is 13.3. The molecule has 0 spiro atoms. The number of hydrogen-bond acceptors (Lipinski definition) is 6. The quantitative estimate of drug-likeness (QED) is 0.197. The summed E-state index contributed by atoms with van der Waals surface area (Å²) in [7, 11) is 1.38. The van der Waals surface area contributed by atoms with Crippen molar-refractivity contribution in [3.05, 3.63) is 95.8 Å². The number of benzene rings is 3. The van der Waals surface area contributed by atoms with Crippen molar-refractivity contribution < 1.29 is 23.1 Å². The van der Waals surface area contributed by atoms with E-state index in [1.165, 1.54) is 19.2 Å². The van der Waals surface area contributed by atoms with E-state index in [1.54, 1.807) is 12.1 Å². The molecule has 1 N–H and O–H groups in total. The summed E-state index contributed by atoms with van der Waals surface area (Å²) in [5.41, 5.74) is 4.44. The number of aromatic nitrogens is 2. The first-order valence-corrected chi connectivity index (χ1v) is 12.2. The second kappa shape index (κ2) is 11.3. The number of ether oxygens (including phenoxy) is 2. The Morgan fingerprint density at radius 2 is 1.95 bits per heavy atom. The van der Waals surface area contributed by atoms with E-state index >= 15 is 0 Å². The Morgan fingerprint density at radius 1 is 1.11 bits per heavy atom. The average Bonchev–Trinajstić information content (AvgIpc) is 3.48. The average molecular weight is 502 g/mol. The lowest BCUT2D eigenvalue weighted by atomic mass is 10.1. The first-order valence-electron chi connectivity index (χ1n) is 12.2. The van der Waals surface area contributed by atoms with Crippen LogP contribution in [0.4, 0.5) is 4.39 Å². The third kappa shape index (κ3) is 5.98. The fraction of sp³-hybridized carbons (Fsp3) is 0.241. The smallest absolute Gasteiger partial charge is 0.310 e. The third-order valence-electron chi connectivity index (χ3n) is 6.14. The van der Waals surface area contributed by atoms with Crippen LogP contribution >= 0.6 is 0 Å². The van der Waals surface area contributed by atoms with Crippen LogP contribution in [-0.4, -0.2) is 35.8 Å². The molecule has 8 heteroatoms. The Kier molecular flexibility index (Phi) is 7.46. The lowest BCUT2D eigenvalue weighted by Crippen LogP contribution is -2.17. The Hall–Kier alpha value is -4.17. The summed E-state index contributed by atoms with van der Waals surface area (Å²) < 4.78 is 32.0. The fourth-order valence-corrected chi connectivity index (χ4v) is 4.30. The van der Waals surface area contributed by atoms with Gasteiger partial charge in [0.25, 0.3) is 0 Å². The molecular weight excluding hydrogens is 473 g/mol. The van der Waals surface area contributed by atoms with Crippen LogP contribution in [0.2, 0.25) is 0 Å². The number of nitrogens with zero attached hydrogens (tertiary/aromatic N) is 2. The van der Waals surface area contributed by atoms with Gasteiger partial charge >= 0.3 is 5.97 Å². The molecule has 0 fully saturated rings. The van der Waals surface area contributed by atoms with Crippen LogP contribution in [0.25, 0.3) is 22.0 Å². The van der Waals surface area contributed by atoms with Crippen LogP contribution in [0, 0.1) is 5.82 Å². The van der Waals surface area contributed by atoms with E-state index < -0.39 is 0 Å². The van der Waals surface area contributed by atoms with Crippen LogP contribution in [0.3, 0.4) is 0 Å². The maximum Gasteiger partial charge on any atom is 0.310 e. The van der Waals surface area contributed by atoms with E-state index in [-0.39, 0.29) is 18.2 Å². The van der Waals surface area contributed by atoms with Gasteiger partial charge in [0.1, 0.15) is 17.1 Å². The van der Waals surface area contributed by atoms with Gasteiger partial charge in [-0.2, -0.15) is 0 Å². The van der Waals surface area contributed by atoms with Crippen LogP contribution < -0.4 is 10.1 Å². The number of para-hydroxylation sites is 2. The Balaban J connectivity index is 1.20. The molecule has 5 rings (SSSR count). The third-order valence-corrected chi connectivity index (χ3v) is 6.14. The van der Waals surface area contributed by atoms with Crippen LogP contribution in [0.15, 0.2) is 77.3 Å². The van der Waals surface area contributed by atoms with Gasteiger partial charge in [-0.05, 0) is 66.6 Å². The molecule has 0 saturated heterocycles. The van der Waals surface area contributed by atoms with Gasteiger partial charge in [-0.15, -0.1) is 0 Å². The molecule has 2 aromatic heterocycles. The van der Waals surface area contributed by atoms with Crippen molar-refractivity contribution in [2.24, 2.45) is 0 Å². The monoisotopic (exact) mass is 501 g/mol. The summed E-state index contributed by atoms with van der Waals surface area (Å²) in [6.07, 6.45) is 2.91. The molecule has 190 valence electrons. The lowest BCUT2D eigenvalue weighted by molar-refractivity contribution is -0.139. The number of oxazole rings is 1. The number of rotatable bonds is 11. The largest absolute Gasteiger partial charge is 0.494 e. The Bertz CT molecular complexity index is 1470. The minimum atomic E-state index is -0.308. The topological polar surface area (TPSA) is 78.5 Å². The van der Waals surface area contributed by atoms with Gasteiger partial charge in [0.2, 0.25) is 5.89 Å². The summed E-state index contributed by atoms with van der Waals surface area (Å²) in [6.45, 7) is 2.40. The normalized spacial score (nSPS) is 11.3. The summed E-state index contributed by atoms with van der Waals surface area (Å²) in [5, 5.41) is 4.26. The molecule has 0 atom stereocenters. The van der Waals surface area contributed by atoms with E-state index in [1.807, 2.05) is 48.7 Å². The zero-order chi connectivity index (χ0) is 25.6. The molecule has 2 heterocycles. The number of hydrogen-bond donors (Lipinski definition) is 1. The van der Waals surface area contributed by atoms with Crippen molar-refractivity contribution in [3.63, 3.8) is 0 Å². The molecule has 37 heavy (non-hydrogen) atoms. The van der Waals surface area contributed by atoms with Crippen molar-refractivity contribution in [2.45, 2.75) is 25.9 Å². The van der Waals surface area contributed by atoms with Crippen molar-refractivity contribution in [1.29, 1.82) is 0 Å². The second-order valence-electron chi connectivity index (χ2n) is 8.79. The lowest BCUT2D eigenvalue weighted by Gasteiger charge is -2.09. The van der Waals surface area contributed by atoms with Gasteiger partial charge in [0.05, 0.1) is 26.7 Å². The van der Waals surface area contributed by atoms with E-state index in [0.29, 0.717) is 25.6 Å². The molecule has 0 aliphatic carbocycles. The first-order chi connectivity index (χ1) is 18.1. The Morgan fingerprint density at radius 3 is 2.76 bits per heavy atom. The summed E-state index contributed by atoms with van der Waals surface area (Å²) in [5.74, 6) is 0.820. The molecule has 3 aromatic carbocycles. The molecule has 0 aliphatic rings. The molecule has 0 bridgehead atoms. The standard InChI is InChI=1S/C29H28FN3O4/c1-35-29(34)15-21-19-33(18-20-7-9-22(30)10-8-20)26-12-11-23(16-24(21)26)36-14-4-13-31-17-28-32-25-5-2-3-6-27(25)37-28/h2-3,5-12,16,19,31H,4,13-15,17-18H2,1H3. The minimum Gasteiger partial charge on any atom is -0.494 e. The zero-order valence-corrected chi connectivity index (χ0v) is 20.6. The van der Waals surface area contributed by atoms with Crippen molar-refractivity contribution in [3.8, 4) is 5.75 Å². The molecule has 0 saturated carbocycles. The molecule has 7 nitrogen and oxygen atoms in total. The van der Waals surface area contributed by atoms with Gasteiger partial charge in [0.15, 0.2) is 5.58 Å². The van der Waals surface area contributed by atoms with Crippen molar-refractivity contribution in [2.75, 3.05) is 20.3 Å². The van der Waals surface area contributed by atoms with Gasteiger partial charge < -0.3 is 23.8 Å². The number of nitrogens with one attached hydrogen (secondary N) is 1. The summed E-state index contributed by atoms with van der Waals surface area (Å²) in [4.78, 5) is 16.5. The molecular formula is C29H28FN3O4. The van der Waals surface area contributed by atoms with E-state index in [4.69, 9.17) is 13.9 Å². The van der Waals surface area contributed by atoms with Crippen LogP contribution in [-0.2, 0) is 29.0 Å². The predicted molar refractivity (Wildman–Crippen MR) is 139 cm³/mol. The predicted octanol–water partition coefficient (Wildman–Crippen LogP) is 5.24. The number of halogens is 1. The fourth-order valence-electron chi connectivity index (χ4n) is 4.30. The first kappa shape index (κ1) is 24.5. The number of carbonyl (C=O) groups excluding carboxylic acids is 1. The van der Waals surface area contributed by atoms with E-state index in [2.05, 4.69) is 14.9 Å². The highest BCUT2D eigenvalue weighted by molar-refractivity contribution is 5.89. The van der Waals surface area contributed by atoms with Gasteiger partial charge in [-0.25, -0.2) is 9.37 Å². The van der Waals surface area contributed by atoms with Gasteiger partial charge in [-0.3, -0.25) is 4.79 Å². The molecule has 0 radical (unpaired) electrons. The van der Waals surface area contributed by atoms with Gasteiger partial charge in [0, 0.05) is 23.6 Å². The molecule has 0 aliphatic heterocycles. The van der Waals surface area contributed by atoms with Crippen molar-refractivity contribution in [1.82, 2.24) is 14.9 Å². The van der Waals surface area contributed by atoms with Crippen LogP contribution in [0.5, 0.6) is 5.75 Å². The SMILES string of the molecule is COC(=O)Cc1cn(Cc2ccc(F)cc2)c2ccc(OCCCNCc3nc4ccccc4o3)cc12. The van der Waals surface area contributed by atoms with Crippen LogP contribution in [0.1, 0.15) is 23.4 Å². The Labute approximate surface area is 213 Å². The molecule has 5 aromatic rings. The van der Waals surface area contributed by atoms with Crippen molar-refractivity contribution >= 4 is 28.0 Å². The second-order valence-corrected chi connectivity index (χ2v) is 8.79. The number of fused-ring (bicyclic) bond motifs is 2. The number of carbonyl (C=O) groups is 1. The van der Waals surface area contributed by atoms with Gasteiger partial charge in [-0.1, -0.05) is 24.3 Å². The highest BCUT2D eigenvalue weighted by Crippen LogP contribution is 2.28. The molecule has 0 amide bonds. The maximum absolute atomic E-state index is 13.3. The minimum absolute atomic E-state index is 0.159.